The van der Waals surface area contributed by atoms with E-state index in [1.165, 1.54) is 10.8 Å². The van der Waals surface area contributed by atoms with E-state index in [0.29, 0.717) is 11.2 Å². The molecule has 2 aromatic carbocycles. The summed E-state index contributed by atoms with van der Waals surface area (Å²) in [6.07, 6.45) is 2.10. The van der Waals surface area contributed by atoms with Crippen LogP contribution in [0.4, 0.5) is 5.69 Å². The maximum Gasteiger partial charge on any atom is 0.171 e. The first-order valence-electron chi connectivity index (χ1n) is 8.59. The highest BCUT2D eigenvalue weighted by Crippen LogP contribution is 2.29. The van der Waals surface area contributed by atoms with Crippen LogP contribution in [0.5, 0.6) is 0 Å². The first kappa shape index (κ1) is 17.2. The molecule has 0 unspecified atom stereocenters. The monoisotopic (exact) mass is 341 g/mol. The van der Waals surface area contributed by atoms with Crippen molar-refractivity contribution in [3.8, 4) is 0 Å². The van der Waals surface area contributed by atoms with Gasteiger partial charge in [0.05, 0.1) is 0 Å². The fourth-order valence-electron chi connectivity index (χ4n) is 4.10. The molecule has 1 heterocycles. The van der Waals surface area contributed by atoms with Crippen LogP contribution in [0.25, 0.3) is 10.8 Å². The molecule has 1 fully saturated rings. The van der Waals surface area contributed by atoms with Gasteiger partial charge in [0.1, 0.15) is 0 Å². The van der Waals surface area contributed by atoms with Crippen molar-refractivity contribution in [1.29, 1.82) is 0 Å². The van der Waals surface area contributed by atoms with Crippen molar-refractivity contribution in [2.75, 3.05) is 5.32 Å². The molecule has 1 aliphatic rings. The number of rotatable bonds is 2. The van der Waals surface area contributed by atoms with Crippen LogP contribution in [0.2, 0.25) is 0 Å². The highest BCUT2D eigenvalue weighted by Gasteiger charge is 2.37. The molecule has 4 heteroatoms. The molecular weight excluding hydrogens is 314 g/mol. The Morgan fingerprint density at radius 2 is 1.62 bits per heavy atom. The molecule has 3 N–H and O–H groups in total. The Morgan fingerprint density at radius 3 is 2.33 bits per heavy atom. The van der Waals surface area contributed by atoms with E-state index in [-0.39, 0.29) is 11.1 Å². The van der Waals surface area contributed by atoms with E-state index in [2.05, 4.69) is 86.1 Å². The van der Waals surface area contributed by atoms with E-state index < -0.39 is 0 Å². The summed E-state index contributed by atoms with van der Waals surface area (Å²) >= 11 is 5.59. The third-order valence-corrected chi connectivity index (χ3v) is 4.78. The molecule has 0 atom stereocenters. The van der Waals surface area contributed by atoms with Gasteiger partial charge in [0, 0.05) is 28.2 Å². The van der Waals surface area contributed by atoms with Crippen LogP contribution < -0.4 is 16.0 Å². The second-order valence-corrected chi connectivity index (χ2v) is 8.53. The van der Waals surface area contributed by atoms with Crippen molar-refractivity contribution in [3.05, 3.63) is 42.5 Å². The lowest BCUT2D eigenvalue weighted by atomic mass is 9.80. The second kappa shape index (κ2) is 6.34. The highest BCUT2D eigenvalue weighted by molar-refractivity contribution is 7.80. The molecule has 1 saturated heterocycles. The van der Waals surface area contributed by atoms with Crippen molar-refractivity contribution >= 4 is 33.8 Å². The molecule has 128 valence electrons. The minimum atomic E-state index is 0.106. The summed E-state index contributed by atoms with van der Waals surface area (Å²) in [7, 11) is 0. The quantitative estimate of drug-likeness (QED) is 0.706. The number of fused-ring (bicyclic) bond motifs is 1. The molecule has 2 aromatic rings. The Labute approximate surface area is 150 Å². The van der Waals surface area contributed by atoms with Crippen LogP contribution >= 0.6 is 12.2 Å². The first-order valence-corrected chi connectivity index (χ1v) is 9.00. The molecule has 0 bridgehead atoms. The minimum absolute atomic E-state index is 0.106. The Morgan fingerprint density at radius 1 is 1.00 bits per heavy atom. The predicted octanol–water partition coefficient (Wildman–Crippen LogP) is 4.44. The molecule has 0 radical (unpaired) electrons. The number of hydrogen-bond acceptors (Lipinski definition) is 2. The standard InChI is InChI=1S/C20H27N3S/c1-19(2)12-15(13-20(3,4)23-19)21-18(24)22-17-11-7-9-14-8-5-6-10-16(14)17/h5-11,15,23H,12-13H2,1-4H3,(H2,21,22,24). The topological polar surface area (TPSA) is 36.1 Å². The van der Waals surface area contributed by atoms with Gasteiger partial charge in [-0.25, -0.2) is 0 Å². The van der Waals surface area contributed by atoms with Crippen molar-refractivity contribution in [1.82, 2.24) is 10.6 Å². The number of anilines is 1. The maximum atomic E-state index is 5.59. The van der Waals surface area contributed by atoms with Crippen LogP contribution in [0.3, 0.4) is 0 Å². The molecular formula is C20H27N3S. The van der Waals surface area contributed by atoms with Gasteiger partial charge in [-0.3, -0.25) is 0 Å². The Bertz CT molecular complexity index is 730. The fraction of sp³-hybridized carbons (Fsp3) is 0.450. The minimum Gasteiger partial charge on any atom is -0.360 e. The van der Waals surface area contributed by atoms with E-state index in [4.69, 9.17) is 12.2 Å². The Balaban J connectivity index is 1.71. The lowest BCUT2D eigenvalue weighted by molar-refractivity contribution is 0.156. The average Bonchev–Trinajstić information content (AvgIpc) is 2.44. The van der Waals surface area contributed by atoms with Gasteiger partial charge in [-0.15, -0.1) is 0 Å². The summed E-state index contributed by atoms with van der Waals surface area (Å²) in [5.74, 6) is 0. The number of thiocarbonyl (C=S) groups is 1. The van der Waals surface area contributed by atoms with Crippen molar-refractivity contribution in [2.24, 2.45) is 0 Å². The zero-order valence-electron chi connectivity index (χ0n) is 14.9. The molecule has 3 rings (SSSR count). The van der Waals surface area contributed by atoms with Gasteiger partial charge in [-0.1, -0.05) is 36.4 Å². The van der Waals surface area contributed by atoms with Gasteiger partial charge < -0.3 is 16.0 Å². The van der Waals surface area contributed by atoms with E-state index in [0.717, 1.165) is 18.5 Å². The fourth-order valence-corrected chi connectivity index (χ4v) is 4.38. The third kappa shape index (κ3) is 4.05. The Hall–Kier alpha value is -1.65. The first-order chi connectivity index (χ1) is 11.2. The van der Waals surface area contributed by atoms with Gasteiger partial charge >= 0.3 is 0 Å². The average molecular weight is 342 g/mol. The summed E-state index contributed by atoms with van der Waals surface area (Å²) in [6, 6.07) is 15.0. The number of nitrogens with one attached hydrogen (secondary N) is 3. The van der Waals surface area contributed by atoms with Crippen LogP contribution in [0, 0.1) is 0 Å². The number of piperidine rings is 1. The molecule has 0 saturated carbocycles. The van der Waals surface area contributed by atoms with Crippen molar-refractivity contribution < 1.29 is 0 Å². The molecule has 0 amide bonds. The summed E-state index contributed by atoms with van der Waals surface area (Å²) in [6.45, 7) is 9.01. The zero-order valence-corrected chi connectivity index (χ0v) is 15.8. The second-order valence-electron chi connectivity index (χ2n) is 8.12. The normalized spacial score (nSPS) is 19.8. The summed E-state index contributed by atoms with van der Waals surface area (Å²) in [5.41, 5.74) is 1.27. The summed E-state index contributed by atoms with van der Waals surface area (Å²) in [5, 5.41) is 13.7. The molecule has 0 spiro atoms. The molecule has 1 aliphatic heterocycles. The lowest BCUT2D eigenvalue weighted by Crippen LogP contribution is -2.62. The molecule has 3 nitrogen and oxygen atoms in total. The van der Waals surface area contributed by atoms with E-state index in [9.17, 15) is 0 Å². The largest absolute Gasteiger partial charge is 0.360 e. The lowest BCUT2D eigenvalue weighted by Gasteiger charge is -2.46. The zero-order chi connectivity index (χ0) is 17.4. The van der Waals surface area contributed by atoms with Crippen molar-refractivity contribution in [3.63, 3.8) is 0 Å². The van der Waals surface area contributed by atoms with E-state index in [1.807, 2.05) is 0 Å². The van der Waals surface area contributed by atoms with Crippen LogP contribution in [0.15, 0.2) is 42.5 Å². The molecule has 24 heavy (non-hydrogen) atoms. The summed E-state index contributed by atoms with van der Waals surface area (Å²) in [4.78, 5) is 0. The van der Waals surface area contributed by atoms with Gasteiger partial charge in [0.2, 0.25) is 0 Å². The van der Waals surface area contributed by atoms with Gasteiger partial charge in [0.25, 0.3) is 0 Å². The van der Waals surface area contributed by atoms with Gasteiger partial charge in [-0.05, 0) is 64.2 Å². The van der Waals surface area contributed by atoms with E-state index >= 15 is 0 Å². The third-order valence-electron chi connectivity index (χ3n) is 4.56. The van der Waals surface area contributed by atoms with Crippen molar-refractivity contribution in [2.45, 2.75) is 57.7 Å². The van der Waals surface area contributed by atoms with Gasteiger partial charge in [0.15, 0.2) is 5.11 Å². The molecule has 0 aromatic heterocycles. The molecule has 0 aliphatic carbocycles. The smallest absolute Gasteiger partial charge is 0.171 e. The Kier molecular flexibility index (Phi) is 4.54. The maximum absolute atomic E-state index is 5.59. The predicted molar refractivity (Wildman–Crippen MR) is 108 cm³/mol. The van der Waals surface area contributed by atoms with E-state index in [1.54, 1.807) is 0 Å². The SMILES string of the molecule is CC1(C)CC(NC(=S)Nc2cccc3ccccc23)CC(C)(C)N1. The number of benzene rings is 2. The van der Waals surface area contributed by atoms with Crippen LogP contribution in [0.1, 0.15) is 40.5 Å². The van der Waals surface area contributed by atoms with Crippen LogP contribution in [-0.4, -0.2) is 22.2 Å². The number of hydrogen-bond donors (Lipinski definition) is 3. The van der Waals surface area contributed by atoms with Crippen LogP contribution in [-0.2, 0) is 0 Å². The highest BCUT2D eigenvalue weighted by atomic mass is 32.1. The van der Waals surface area contributed by atoms with Gasteiger partial charge in [-0.2, -0.15) is 0 Å². The summed E-state index contributed by atoms with van der Waals surface area (Å²) < 4.78 is 0.